The molecule has 1 aromatic carbocycles. The normalized spacial score (nSPS) is 10.7. The molecule has 0 aromatic heterocycles. The van der Waals surface area contributed by atoms with Gasteiger partial charge in [0.1, 0.15) is 5.82 Å². The van der Waals surface area contributed by atoms with Gasteiger partial charge in [0.15, 0.2) is 0 Å². The van der Waals surface area contributed by atoms with Gasteiger partial charge in [-0.3, -0.25) is 0 Å². The molecule has 0 saturated heterocycles. The van der Waals surface area contributed by atoms with E-state index in [0.717, 1.165) is 31.7 Å². The average molecular weight is 290 g/mol. The predicted octanol–water partition coefficient (Wildman–Crippen LogP) is 3.10. The second kappa shape index (κ2) is 7.76. The fourth-order valence-corrected chi connectivity index (χ4v) is 1.57. The van der Waals surface area contributed by atoms with Crippen LogP contribution in [0.15, 0.2) is 22.7 Å². The third-order valence-corrected chi connectivity index (χ3v) is 2.80. The molecule has 0 radical (unpaired) electrons. The molecule has 0 heterocycles. The van der Waals surface area contributed by atoms with Crippen LogP contribution >= 0.6 is 15.9 Å². The molecule has 0 aliphatic heterocycles. The maximum absolute atomic E-state index is 13.2. The largest absolute Gasteiger partial charge is 0.382 e. The molecule has 0 saturated carbocycles. The Balaban J connectivity index is 2.19. The lowest BCUT2D eigenvalue weighted by atomic mass is 10.2. The summed E-state index contributed by atoms with van der Waals surface area (Å²) in [5, 5.41) is 3.25. The lowest BCUT2D eigenvalue weighted by Crippen LogP contribution is -2.16. The van der Waals surface area contributed by atoms with Gasteiger partial charge in [0, 0.05) is 19.8 Å². The second-order valence-electron chi connectivity index (χ2n) is 3.48. The van der Waals surface area contributed by atoms with Crippen LogP contribution in [0.2, 0.25) is 0 Å². The van der Waals surface area contributed by atoms with Gasteiger partial charge in [-0.1, -0.05) is 6.07 Å². The molecule has 0 bridgehead atoms. The van der Waals surface area contributed by atoms with Gasteiger partial charge in [0.25, 0.3) is 0 Å². The molecule has 0 amide bonds. The van der Waals surface area contributed by atoms with Gasteiger partial charge in [-0.15, -0.1) is 0 Å². The third kappa shape index (κ3) is 5.05. The van der Waals surface area contributed by atoms with Crippen LogP contribution in [-0.4, -0.2) is 19.8 Å². The lowest BCUT2D eigenvalue weighted by Gasteiger charge is -2.05. The highest BCUT2D eigenvalue weighted by Crippen LogP contribution is 2.16. The number of hydrogen-bond donors (Lipinski definition) is 1. The van der Waals surface area contributed by atoms with E-state index in [-0.39, 0.29) is 5.82 Å². The molecule has 0 aliphatic carbocycles. The first-order valence-electron chi connectivity index (χ1n) is 5.46. The van der Waals surface area contributed by atoms with Crippen molar-refractivity contribution >= 4 is 15.9 Å². The van der Waals surface area contributed by atoms with Crippen LogP contribution < -0.4 is 5.32 Å². The van der Waals surface area contributed by atoms with E-state index in [9.17, 15) is 4.39 Å². The van der Waals surface area contributed by atoms with E-state index in [1.807, 2.05) is 13.0 Å². The molecule has 16 heavy (non-hydrogen) atoms. The zero-order chi connectivity index (χ0) is 11.8. The smallest absolute Gasteiger partial charge is 0.137 e. The average Bonchev–Trinajstić information content (AvgIpc) is 2.28. The van der Waals surface area contributed by atoms with Crippen molar-refractivity contribution in [1.82, 2.24) is 5.32 Å². The summed E-state index contributed by atoms with van der Waals surface area (Å²) in [5.74, 6) is -0.214. The summed E-state index contributed by atoms with van der Waals surface area (Å²) < 4.78 is 18.9. The summed E-state index contributed by atoms with van der Waals surface area (Å²) in [5.41, 5.74) is 0.956. The summed E-state index contributed by atoms with van der Waals surface area (Å²) >= 11 is 3.13. The van der Waals surface area contributed by atoms with Gasteiger partial charge in [-0.05, 0) is 53.5 Å². The van der Waals surface area contributed by atoms with Crippen LogP contribution in [0, 0.1) is 5.82 Å². The Hall–Kier alpha value is -0.450. The number of benzene rings is 1. The van der Waals surface area contributed by atoms with Crippen molar-refractivity contribution in [2.45, 2.75) is 19.9 Å². The first-order valence-corrected chi connectivity index (χ1v) is 6.25. The molecule has 0 aliphatic rings. The number of hydrogen-bond acceptors (Lipinski definition) is 2. The fourth-order valence-electron chi connectivity index (χ4n) is 1.33. The Morgan fingerprint density at radius 3 is 2.94 bits per heavy atom. The van der Waals surface area contributed by atoms with Crippen molar-refractivity contribution in [2.75, 3.05) is 19.8 Å². The Bertz CT molecular complexity index is 320. The highest BCUT2D eigenvalue weighted by atomic mass is 79.9. The van der Waals surface area contributed by atoms with E-state index in [0.29, 0.717) is 11.0 Å². The summed E-state index contributed by atoms with van der Waals surface area (Å²) in [7, 11) is 0. The molecule has 2 nitrogen and oxygen atoms in total. The molecular formula is C12H17BrFNO. The van der Waals surface area contributed by atoms with Crippen LogP contribution in [0.3, 0.4) is 0 Å². The van der Waals surface area contributed by atoms with E-state index >= 15 is 0 Å². The zero-order valence-electron chi connectivity index (χ0n) is 9.43. The van der Waals surface area contributed by atoms with Crippen molar-refractivity contribution in [1.29, 1.82) is 0 Å². The fraction of sp³-hybridized carbons (Fsp3) is 0.500. The molecular weight excluding hydrogens is 273 g/mol. The lowest BCUT2D eigenvalue weighted by molar-refractivity contribution is 0.144. The zero-order valence-corrected chi connectivity index (χ0v) is 11.0. The second-order valence-corrected chi connectivity index (χ2v) is 4.33. The summed E-state index contributed by atoms with van der Waals surface area (Å²) in [6.07, 6.45) is 0.979. The van der Waals surface area contributed by atoms with E-state index in [1.165, 1.54) is 0 Å². The van der Waals surface area contributed by atoms with Gasteiger partial charge < -0.3 is 10.1 Å². The standard InChI is InChI=1S/C12H17BrFNO/c1-2-16-7-3-6-15-9-10-4-5-11(13)12(14)8-10/h4-5,8,15H,2-3,6-7,9H2,1H3. The van der Waals surface area contributed by atoms with Gasteiger partial charge in [-0.25, -0.2) is 4.39 Å². The molecule has 0 atom stereocenters. The van der Waals surface area contributed by atoms with Gasteiger partial charge >= 0.3 is 0 Å². The van der Waals surface area contributed by atoms with Crippen LogP contribution in [0.1, 0.15) is 18.9 Å². The van der Waals surface area contributed by atoms with Crippen molar-refractivity contribution in [3.8, 4) is 0 Å². The van der Waals surface area contributed by atoms with Crippen LogP contribution in [0.25, 0.3) is 0 Å². The monoisotopic (exact) mass is 289 g/mol. The SMILES string of the molecule is CCOCCCNCc1ccc(Br)c(F)c1. The minimum absolute atomic E-state index is 0.214. The number of halogens is 2. The molecule has 0 fully saturated rings. The van der Waals surface area contributed by atoms with E-state index < -0.39 is 0 Å². The Labute approximate surface area is 104 Å². The molecule has 0 spiro atoms. The van der Waals surface area contributed by atoms with E-state index in [1.54, 1.807) is 12.1 Å². The molecule has 1 aromatic rings. The van der Waals surface area contributed by atoms with E-state index in [4.69, 9.17) is 4.74 Å². The van der Waals surface area contributed by atoms with Crippen molar-refractivity contribution in [3.63, 3.8) is 0 Å². The number of rotatable bonds is 7. The Kier molecular flexibility index (Phi) is 6.61. The highest BCUT2D eigenvalue weighted by molar-refractivity contribution is 9.10. The Morgan fingerprint density at radius 2 is 2.25 bits per heavy atom. The summed E-state index contributed by atoms with van der Waals surface area (Å²) in [6.45, 7) is 5.10. The summed E-state index contributed by atoms with van der Waals surface area (Å²) in [6, 6.07) is 5.18. The topological polar surface area (TPSA) is 21.3 Å². The molecule has 0 unspecified atom stereocenters. The van der Waals surface area contributed by atoms with Crippen molar-refractivity contribution in [3.05, 3.63) is 34.1 Å². The third-order valence-electron chi connectivity index (χ3n) is 2.16. The minimum atomic E-state index is -0.214. The first kappa shape index (κ1) is 13.6. The first-order chi connectivity index (χ1) is 7.74. The minimum Gasteiger partial charge on any atom is -0.382 e. The molecule has 90 valence electrons. The van der Waals surface area contributed by atoms with Crippen molar-refractivity contribution in [2.24, 2.45) is 0 Å². The molecule has 1 rings (SSSR count). The quantitative estimate of drug-likeness (QED) is 0.779. The molecule has 4 heteroatoms. The van der Waals surface area contributed by atoms with Gasteiger partial charge in [0.2, 0.25) is 0 Å². The highest BCUT2D eigenvalue weighted by Gasteiger charge is 1.99. The summed E-state index contributed by atoms with van der Waals surface area (Å²) in [4.78, 5) is 0. The van der Waals surface area contributed by atoms with E-state index in [2.05, 4.69) is 21.2 Å². The number of nitrogens with one attached hydrogen (secondary N) is 1. The number of ether oxygens (including phenoxy) is 1. The molecule has 1 N–H and O–H groups in total. The van der Waals surface area contributed by atoms with Gasteiger partial charge in [-0.2, -0.15) is 0 Å². The van der Waals surface area contributed by atoms with Crippen LogP contribution in [-0.2, 0) is 11.3 Å². The van der Waals surface area contributed by atoms with Crippen molar-refractivity contribution < 1.29 is 9.13 Å². The Morgan fingerprint density at radius 1 is 1.44 bits per heavy atom. The van der Waals surface area contributed by atoms with Crippen LogP contribution in [0.4, 0.5) is 4.39 Å². The maximum Gasteiger partial charge on any atom is 0.137 e. The van der Waals surface area contributed by atoms with Gasteiger partial charge in [0.05, 0.1) is 4.47 Å². The van der Waals surface area contributed by atoms with Crippen LogP contribution in [0.5, 0.6) is 0 Å². The predicted molar refractivity (Wildman–Crippen MR) is 66.9 cm³/mol. The maximum atomic E-state index is 13.2.